The van der Waals surface area contributed by atoms with Crippen molar-refractivity contribution in [3.8, 4) is 11.8 Å². The average molecular weight is 447 g/mol. The van der Waals surface area contributed by atoms with Gasteiger partial charge in [0.05, 0.1) is 24.4 Å². The molecule has 0 saturated heterocycles. The first-order valence-electron chi connectivity index (χ1n) is 10.7. The Bertz CT molecular complexity index is 778. The minimum absolute atomic E-state index is 0.199. The maximum atomic E-state index is 13.7. The van der Waals surface area contributed by atoms with Crippen LogP contribution in [0.5, 0.6) is 5.75 Å². The molecule has 0 spiro atoms. The monoisotopic (exact) mass is 446 g/mol. The van der Waals surface area contributed by atoms with Crippen LogP contribution in [0.1, 0.15) is 59.9 Å². The highest BCUT2D eigenvalue weighted by molar-refractivity contribution is 5.78. The lowest BCUT2D eigenvalue weighted by Gasteiger charge is -2.10. The third-order valence-electron chi connectivity index (χ3n) is 3.82. The highest BCUT2D eigenvalue weighted by Gasteiger charge is 2.06. The van der Waals surface area contributed by atoms with E-state index in [-0.39, 0.29) is 12.4 Å². The molecule has 0 heterocycles. The van der Waals surface area contributed by atoms with Crippen molar-refractivity contribution in [3.63, 3.8) is 0 Å². The number of methoxy groups -OCH3 is 1. The first-order chi connectivity index (χ1) is 15.2. The molecule has 5 nitrogen and oxygen atoms in total. The summed E-state index contributed by atoms with van der Waals surface area (Å²) in [6, 6.07) is 6.57. The summed E-state index contributed by atoms with van der Waals surface area (Å²) in [5, 5.41) is 15.8. The van der Waals surface area contributed by atoms with Gasteiger partial charge < -0.3 is 19.6 Å². The molecule has 32 heavy (non-hydrogen) atoms. The van der Waals surface area contributed by atoms with Gasteiger partial charge in [0.1, 0.15) is 17.3 Å². The van der Waals surface area contributed by atoms with E-state index in [0.29, 0.717) is 41.8 Å². The lowest BCUT2D eigenvalue weighted by molar-refractivity contribution is 0.131. The number of ether oxygens (including phenoxy) is 3. The maximum Gasteiger partial charge on any atom is 0.128 e. The summed E-state index contributed by atoms with van der Waals surface area (Å²) in [6.45, 7) is 15.8. The van der Waals surface area contributed by atoms with Gasteiger partial charge in [0.2, 0.25) is 0 Å². The molecule has 0 aliphatic heterocycles. The predicted molar refractivity (Wildman–Crippen MR) is 130 cm³/mol. The van der Waals surface area contributed by atoms with Crippen molar-refractivity contribution >= 4 is 5.71 Å². The Balaban J connectivity index is 0. The van der Waals surface area contributed by atoms with Crippen LogP contribution in [0.15, 0.2) is 54.3 Å². The summed E-state index contributed by atoms with van der Waals surface area (Å²) in [5.74, 6) is 0.802. The fourth-order valence-electron chi connectivity index (χ4n) is 1.71. The molecule has 0 radical (unpaired) electrons. The van der Waals surface area contributed by atoms with Gasteiger partial charge in [-0.3, -0.25) is 0 Å². The SMILES string of the molecule is C=C/C=C(C#N)\C=C(/CC)Oc1ccc(F)c(COCC)c1.CCC(C)=N.COC(C)C. The number of hydrogen-bond donors (Lipinski definition) is 1. The number of hydrogen-bond acceptors (Lipinski definition) is 5. The highest BCUT2D eigenvalue weighted by atomic mass is 19.1. The van der Waals surface area contributed by atoms with E-state index in [1.54, 1.807) is 44.4 Å². The van der Waals surface area contributed by atoms with Crippen molar-refractivity contribution in [2.75, 3.05) is 13.7 Å². The van der Waals surface area contributed by atoms with Gasteiger partial charge in [-0.15, -0.1) is 0 Å². The van der Waals surface area contributed by atoms with Crippen molar-refractivity contribution in [1.82, 2.24) is 0 Å². The van der Waals surface area contributed by atoms with Crippen LogP contribution in [-0.2, 0) is 16.1 Å². The number of nitrogens with one attached hydrogen (secondary N) is 1. The third-order valence-corrected chi connectivity index (χ3v) is 3.82. The van der Waals surface area contributed by atoms with Gasteiger partial charge in [-0.2, -0.15) is 5.26 Å². The minimum atomic E-state index is -0.327. The molecule has 0 bridgehead atoms. The van der Waals surface area contributed by atoms with E-state index in [4.69, 9.17) is 24.9 Å². The van der Waals surface area contributed by atoms with Crippen LogP contribution in [0.2, 0.25) is 0 Å². The normalized spacial score (nSPS) is 10.9. The Morgan fingerprint density at radius 1 is 1.25 bits per heavy atom. The van der Waals surface area contributed by atoms with Crippen LogP contribution in [-0.4, -0.2) is 25.5 Å². The number of rotatable bonds is 10. The molecule has 1 N–H and O–H groups in total. The largest absolute Gasteiger partial charge is 0.462 e. The quantitative estimate of drug-likeness (QED) is 0.179. The van der Waals surface area contributed by atoms with Crippen molar-refractivity contribution in [2.24, 2.45) is 0 Å². The van der Waals surface area contributed by atoms with Crippen LogP contribution in [0.25, 0.3) is 0 Å². The van der Waals surface area contributed by atoms with Gasteiger partial charge >= 0.3 is 0 Å². The molecule has 0 aromatic heterocycles. The Labute approximate surface area is 193 Å². The molecule has 0 amide bonds. The Kier molecular flexibility index (Phi) is 19.8. The molecule has 0 aliphatic rings. The number of nitrogens with zero attached hydrogens (tertiary/aromatic N) is 1. The maximum absolute atomic E-state index is 13.7. The number of nitriles is 1. The van der Waals surface area contributed by atoms with E-state index in [9.17, 15) is 4.39 Å². The molecular formula is C26H39FN2O3. The van der Waals surface area contributed by atoms with Crippen molar-refractivity contribution in [1.29, 1.82) is 10.7 Å². The van der Waals surface area contributed by atoms with Crippen LogP contribution < -0.4 is 4.74 Å². The standard InChI is InChI=1S/C18H20FNO2.C4H9N.C4H10O/c1-4-7-14(12-20)10-16(5-2)22-17-8-9-18(19)15(11-17)13-21-6-3;1-3-4(2)5;1-4(2)5-3/h4,7-11H,1,5-6,13H2,2-3H3;5H,3H2,1-2H3;4H,1-3H3/b14-7+,16-10+;;. The van der Waals surface area contributed by atoms with E-state index in [2.05, 4.69) is 12.6 Å². The van der Waals surface area contributed by atoms with Crippen molar-refractivity contribution in [2.45, 2.75) is 67.1 Å². The summed E-state index contributed by atoms with van der Waals surface area (Å²) in [5.41, 5.74) is 1.64. The van der Waals surface area contributed by atoms with Crippen LogP contribution in [0.4, 0.5) is 4.39 Å². The summed E-state index contributed by atoms with van der Waals surface area (Å²) < 4.78 is 29.4. The fraction of sp³-hybridized carbons (Fsp3) is 0.462. The zero-order chi connectivity index (χ0) is 24.9. The molecule has 1 aromatic carbocycles. The summed E-state index contributed by atoms with van der Waals surface area (Å²) in [6.07, 6.45) is 6.67. The highest BCUT2D eigenvalue weighted by Crippen LogP contribution is 2.21. The fourth-order valence-corrected chi connectivity index (χ4v) is 1.71. The van der Waals surface area contributed by atoms with Gasteiger partial charge in [0.25, 0.3) is 0 Å². The summed E-state index contributed by atoms with van der Waals surface area (Å²) >= 11 is 0. The second-order valence-corrected chi connectivity index (χ2v) is 6.84. The molecule has 6 heteroatoms. The van der Waals surface area contributed by atoms with Crippen LogP contribution >= 0.6 is 0 Å². The van der Waals surface area contributed by atoms with E-state index in [1.165, 1.54) is 6.07 Å². The topological polar surface area (TPSA) is 75.3 Å². The number of allylic oxidation sites excluding steroid dienone is 5. The van der Waals surface area contributed by atoms with Crippen LogP contribution in [0.3, 0.4) is 0 Å². The van der Waals surface area contributed by atoms with Gasteiger partial charge in [0.15, 0.2) is 0 Å². The zero-order valence-corrected chi connectivity index (χ0v) is 20.6. The summed E-state index contributed by atoms with van der Waals surface area (Å²) in [4.78, 5) is 0. The van der Waals surface area contributed by atoms with E-state index < -0.39 is 0 Å². The van der Waals surface area contributed by atoms with E-state index in [1.807, 2.05) is 34.6 Å². The first-order valence-corrected chi connectivity index (χ1v) is 10.7. The smallest absolute Gasteiger partial charge is 0.128 e. The van der Waals surface area contributed by atoms with E-state index in [0.717, 1.165) is 12.1 Å². The molecule has 0 fully saturated rings. The molecule has 1 rings (SSSR count). The Morgan fingerprint density at radius 3 is 2.25 bits per heavy atom. The van der Waals surface area contributed by atoms with Gasteiger partial charge in [-0.25, -0.2) is 4.39 Å². The molecular weight excluding hydrogens is 407 g/mol. The minimum Gasteiger partial charge on any atom is -0.462 e. The van der Waals surface area contributed by atoms with Crippen LogP contribution in [0, 0.1) is 22.6 Å². The van der Waals surface area contributed by atoms with Gasteiger partial charge in [0, 0.05) is 31.4 Å². The molecule has 0 saturated carbocycles. The van der Waals surface area contributed by atoms with Crippen molar-refractivity contribution in [3.05, 3.63) is 65.7 Å². The lowest BCUT2D eigenvalue weighted by atomic mass is 10.2. The van der Waals surface area contributed by atoms with E-state index >= 15 is 0 Å². The Morgan fingerprint density at radius 2 is 1.84 bits per heavy atom. The second-order valence-electron chi connectivity index (χ2n) is 6.84. The van der Waals surface area contributed by atoms with Gasteiger partial charge in [-0.1, -0.05) is 26.5 Å². The molecule has 0 unspecified atom stereocenters. The molecule has 0 aliphatic carbocycles. The summed E-state index contributed by atoms with van der Waals surface area (Å²) in [7, 11) is 1.70. The van der Waals surface area contributed by atoms with Gasteiger partial charge in [-0.05, 0) is 64.5 Å². The Hall–Kier alpha value is -2.75. The first kappa shape index (κ1) is 31.4. The number of benzene rings is 1. The third kappa shape index (κ3) is 17.0. The average Bonchev–Trinajstić information content (AvgIpc) is 2.78. The zero-order valence-electron chi connectivity index (χ0n) is 20.6. The molecule has 0 atom stereocenters. The lowest BCUT2D eigenvalue weighted by Crippen LogP contribution is -1.99. The molecule has 1 aromatic rings. The molecule has 178 valence electrons. The number of halogens is 1. The van der Waals surface area contributed by atoms with Crippen molar-refractivity contribution < 1.29 is 18.6 Å². The second kappa shape index (κ2) is 20.2. The predicted octanol–water partition coefficient (Wildman–Crippen LogP) is 7.15.